The standard InChI is InChI=1S/C54H79N5O12S2Si2/c1-36-26-38(34-70-74(11,12)53(3,4)5)58(32-36)49(60)40-28-44(65-9)46(30-42(40)56-51(62)63)67-22-18-15-19-23-68-47-31-43(57-52(64)69-24-25-72-73-48-20-16-17-21-55-48)41(29-45(47)66-10)50(61)59-33-37(2)27-39(59)35-71-75(13,14)54(6,7)8/h16-17,20-21,28-31,38-39,56H,1-2,15,18-19,22-27,32-35H2,3-14H3,(H,57,64)(H,62,63)/t38-,39-/m0/s1. The van der Waals surface area contributed by atoms with Crippen LogP contribution in [0.3, 0.4) is 0 Å². The molecular formula is C54H79N5O12S2Si2. The predicted molar refractivity (Wildman–Crippen MR) is 303 cm³/mol. The van der Waals surface area contributed by atoms with E-state index in [9.17, 15) is 24.3 Å². The fourth-order valence-electron chi connectivity index (χ4n) is 7.78. The lowest BCUT2D eigenvalue weighted by atomic mass is 10.1. The number of ether oxygens (including phenoxy) is 5. The minimum atomic E-state index is -2.14. The molecule has 2 aliphatic rings. The molecule has 2 saturated heterocycles. The summed E-state index contributed by atoms with van der Waals surface area (Å²) in [6.07, 6.45) is 2.68. The Bertz CT molecular complexity index is 2500. The molecule has 2 atom stereocenters. The first-order valence-electron chi connectivity index (χ1n) is 25.3. The van der Waals surface area contributed by atoms with Crippen molar-refractivity contribution in [2.75, 3.05) is 76.7 Å². The molecule has 5 rings (SSSR count). The van der Waals surface area contributed by atoms with Crippen LogP contribution >= 0.6 is 21.6 Å². The second kappa shape index (κ2) is 26.7. The fraction of sp³-hybridized carbons (Fsp3) is 0.537. The zero-order chi connectivity index (χ0) is 55.3. The molecule has 3 aromatic rings. The summed E-state index contributed by atoms with van der Waals surface area (Å²) >= 11 is 0. The number of amides is 4. The molecule has 0 bridgehead atoms. The molecule has 3 heterocycles. The Morgan fingerprint density at radius 1 is 0.707 bits per heavy atom. The number of carbonyl (C=O) groups excluding carboxylic acids is 3. The number of methoxy groups -OCH3 is 2. The van der Waals surface area contributed by atoms with E-state index in [0.29, 0.717) is 75.7 Å². The van der Waals surface area contributed by atoms with Crippen molar-refractivity contribution in [3.63, 3.8) is 0 Å². The number of carbonyl (C=O) groups is 4. The molecule has 17 nitrogen and oxygen atoms in total. The molecule has 0 unspecified atom stereocenters. The van der Waals surface area contributed by atoms with E-state index in [0.717, 1.165) is 16.2 Å². The van der Waals surface area contributed by atoms with Gasteiger partial charge in [0.05, 0.1) is 75.2 Å². The van der Waals surface area contributed by atoms with Crippen LogP contribution < -0.4 is 29.6 Å². The Kier molecular flexibility index (Phi) is 21.6. The zero-order valence-corrected chi connectivity index (χ0v) is 49.6. The van der Waals surface area contributed by atoms with Crippen molar-refractivity contribution in [1.82, 2.24) is 14.8 Å². The maximum atomic E-state index is 14.6. The van der Waals surface area contributed by atoms with Gasteiger partial charge in [-0.1, -0.05) is 82.7 Å². The predicted octanol–water partition coefficient (Wildman–Crippen LogP) is 12.4. The van der Waals surface area contributed by atoms with Crippen molar-refractivity contribution >= 4 is 73.6 Å². The Hall–Kier alpha value is -5.20. The molecule has 1 aromatic heterocycles. The van der Waals surface area contributed by atoms with Gasteiger partial charge in [-0.2, -0.15) is 0 Å². The van der Waals surface area contributed by atoms with E-state index in [1.54, 1.807) is 28.1 Å². The van der Waals surface area contributed by atoms with Crippen LogP contribution in [0.5, 0.6) is 23.0 Å². The van der Waals surface area contributed by atoms with Crippen molar-refractivity contribution in [1.29, 1.82) is 0 Å². The van der Waals surface area contributed by atoms with Crippen molar-refractivity contribution in [3.05, 3.63) is 84.1 Å². The maximum Gasteiger partial charge on any atom is 0.411 e. The lowest BCUT2D eigenvalue weighted by molar-refractivity contribution is 0.0680. The number of hydrogen-bond donors (Lipinski definition) is 3. The lowest BCUT2D eigenvalue weighted by Gasteiger charge is -2.38. The number of nitrogens with zero attached hydrogens (tertiary/aromatic N) is 3. The summed E-state index contributed by atoms with van der Waals surface area (Å²) in [6, 6.07) is 11.3. The second-order valence-corrected chi connectivity index (χ2v) is 33.9. The second-order valence-electron chi connectivity index (χ2n) is 21.8. The molecular weight excluding hydrogens is 1030 g/mol. The highest BCUT2D eigenvalue weighted by Crippen LogP contribution is 2.41. The first-order valence-corrected chi connectivity index (χ1v) is 33.5. The zero-order valence-electron chi connectivity index (χ0n) is 46.0. The Labute approximate surface area is 453 Å². The van der Waals surface area contributed by atoms with Crippen molar-refractivity contribution < 1.29 is 56.8 Å². The number of nitrogens with one attached hydrogen (secondary N) is 2. The number of pyridine rings is 1. The van der Waals surface area contributed by atoms with Crippen molar-refractivity contribution in [3.8, 4) is 23.0 Å². The van der Waals surface area contributed by atoms with Gasteiger partial charge in [-0.3, -0.25) is 20.2 Å². The minimum Gasteiger partial charge on any atom is -0.493 e. The van der Waals surface area contributed by atoms with Gasteiger partial charge in [0.25, 0.3) is 11.8 Å². The molecule has 75 heavy (non-hydrogen) atoms. The highest BCUT2D eigenvalue weighted by Gasteiger charge is 2.42. The molecule has 2 fully saturated rings. The highest BCUT2D eigenvalue weighted by molar-refractivity contribution is 8.76. The molecule has 4 amide bonds. The molecule has 3 N–H and O–H groups in total. The van der Waals surface area contributed by atoms with Gasteiger partial charge in [0.1, 0.15) is 11.6 Å². The van der Waals surface area contributed by atoms with Crippen LogP contribution in [0, 0.1) is 0 Å². The number of rotatable bonds is 25. The number of aromatic nitrogens is 1. The number of benzene rings is 2. The summed E-state index contributed by atoms with van der Waals surface area (Å²) < 4.78 is 42.5. The molecule has 0 radical (unpaired) electrons. The van der Waals surface area contributed by atoms with Gasteiger partial charge < -0.3 is 47.4 Å². The van der Waals surface area contributed by atoms with E-state index in [2.05, 4.69) is 96.5 Å². The van der Waals surface area contributed by atoms with Gasteiger partial charge >= 0.3 is 12.2 Å². The maximum absolute atomic E-state index is 14.6. The van der Waals surface area contributed by atoms with E-state index >= 15 is 0 Å². The summed E-state index contributed by atoms with van der Waals surface area (Å²) in [4.78, 5) is 61.9. The third-order valence-electron chi connectivity index (χ3n) is 14.2. The van der Waals surface area contributed by atoms with Crippen LogP contribution in [0.1, 0.15) is 94.4 Å². The summed E-state index contributed by atoms with van der Waals surface area (Å²) in [5, 5.41) is 15.8. The van der Waals surface area contributed by atoms with Gasteiger partial charge in [-0.15, -0.1) is 0 Å². The van der Waals surface area contributed by atoms with E-state index in [1.807, 2.05) is 18.2 Å². The number of carboxylic acid groups (broad SMARTS) is 1. The number of likely N-dealkylation sites (tertiary alicyclic amines) is 2. The average Bonchev–Trinajstić information content (AvgIpc) is 3.92. The van der Waals surface area contributed by atoms with Gasteiger partial charge in [-0.05, 0) is 103 Å². The van der Waals surface area contributed by atoms with Crippen LogP contribution in [0.4, 0.5) is 21.0 Å². The first kappa shape index (κ1) is 60.7. The third kappa shape index (κ3) is 16.9. The van der Waals surface area contributed by atoms with Crippen LogP contribution in [0.15, 0.2) is 78.0 Å². The van der Waals surface area contributed by atoms with Gasteiger partial charge in [0, 0.05) is 37.2 Å². The summed E-state index contributed by atoms with van der Waals surface area (Å²) in [5.41, 5.74) is 2.39. The van der Waals surface area contributed by atoms with E-state index in [4.69, 9.17) is 32.5 Å². The molecule has 21 heteroatoms. The SMILES string of the molecule is C=C1C[C@@H](CO[Si](C)(C)C(C)(C)C)N(C(=O)c2cc(OC)c(OCCCCCOc3cc(NC(=O)OCCSSc4ccccn4)c(C(=O)N4CC(=C)C[C@H]4CO[Si](C)(C)C(C)(C)C)cc3OC)cc2NC(=O)O)C1. The topological polar surface area (TPSA) is 197 Å². The summed E-state index contributed by atoms with van der Waals surface area (Å²) in [6.45, 7) is 32.1. The molecule has 2 aliphatic heterocycles. The van der Waals surface area contributed by atoms with Crippen LogP contribution in [0.25, 0.3) is 0 Å². The molecule has 0 spiro atoms. The Morgan fingerprint density at radius 3 is 1.61 bits per heavy atom. The number of hydrogen-bond acceptors (Lipinski definition) is 14. The smallest absolute Gasteiger partial charge is 0.411 e. The van der Waals surface area contributed by atoms with Crippen LogP contribution in [-0.2, 0) is 13.6 Å². The van der Waals surface area contributed by atoms with E-state index < -0.39 is 28.8 Å². The minimum absolute atomic E-state index is 0.0157. The van der Waals surface area contributed by atoms with Crippen LogP contribution in [0.2, 0.25) is 36.3 Å². The van der Waals surface area contributed by atoms with Crippen molar-refractivity contribution in [2.24, 2.45) is 0 Å². The van der Waals surface area contributed by atoms with E-state index in [1.165, 1.54) is 47.9 Å². The molecule has 0 saturated carbocycles. The largest absolute Gasteiger partial charge is 0.493 e. The number of unbranched alkanes of at least 4 members (excludes halogenated alkanes) is 2. The van der Waals surface area contributed by atoms with Gasteiger partial charge in [-0.25, -0.2) is 14.6 Å². The number of anilines is 2. The fourth-order valence-corrected chi connectivity index (χ4v) is 11.6. The Balaban J connectivity index is 1.24. The van der Waals surface area contributed by atoms with Crippen molar-refractivity contribution in [2.45, 2.75) is 127 Å². The molecule has 0 aliphatic carbocycles. The summed E-state index contributed by atoms with van der Waals surface area (Å²) in [7, 11) is 1.68. The van der Waals surface area contributed by atoms with Gasteiger partial charge in [0.2, 0.25) is 0 Å². The quantitative estimate of drug-likeness (QED) is 0.0313. The lowest BCUT2D eigenvalue weighted by Crippen LogP contribution is -2.46. The van der Waals surface area contributed by atoms with Gasteiger partial charge in [0.15, 0.2) is 39.6 Å². The monoisotopic (exact) mass is 1110 g/mol. The van der Waals surface area contributed by atoms with Crippen LogP contribution in [-0.4, -0.2) is 139 Å². The molecule has 2 aromatic carbocycles. The van der Waals surface area contributed by atoms with E-state index in [-0.39, 0.29) is 87.8 Å². The normalized spacial score (nSPS) is 16.2. The summed E-state index contributed by atoms with van der Waals surface area (Å²) in [5.74, 6) is 0.974. The average molecular weight is 1110 g/mol. The highest BCUT2D eigenvalue weighted by atomic mass is 33.1. The Morgan fingerprint density at radius 2 is 1.19 bits per heavy atom. The molecule has 412 valence electrons. The third-order valence-corrected chi connectivity index (χ3v) is 25.4. The first-order chi connectivity index (χ1) is 35.2.